The molecule has 2 fully saturated rings. The minimum absolute atomic E-state index is 0.912. The Labute approximate surface area is 146 Å². The van der Waals surface area contributed by atoms with Crippen molar-refractivity contribution in [2.45, 2.75) is 110 Å². The van der Waals surface area contributed by atoms with E-state index in [4.69, 9.17) is 0 Å². The van der Waals surface area contributed by atoms with Crippen LogP contribution >= 0.6 is 0 Å². The molecular weight excluding hydrogens is 276 g/mol. The van der Waals surface area contributed by atoms with Crippen LogP contribution in [-0.4, -0.2) is 0 Å². The zero-order chi connectivity index (χ0) is 16.3. The molecule has 2 saturated carbocycles. The number of hydrogen-bond acceptors (Lipinski definition) is 0. The summed E-state index contributed by atoms with van der Waals surface area (Å²) in [4.78, 5) is 0. The first-order chi connectivity index (χ1) is 11.3. The highest BCUT2D eigenvalue weighted by atomic mass is 14.3. The Kier molecular flexibility index (Phi) is 9.39. The van der Waals surface area contributed by atoms with Gasteiger partial charge in [-0.2, -0.15) is 0 Å². The van der Waals surface area contributed by atoms with E-state index in [1.807, 2.05) is 0 Å². The first kappa shape index (κ1) is 19.1. The van der Waals surface area contributed by atoms with Gasteiger partial charge in [-0.15, -0.1) is 0 Å². The molecule has 0 heteroatoms. The van der Waals surface area contributed by atoms with Crippen molar-refractivity contribution in [2.75, 3.05) is 0 Å². The molecule has 2 atom stereocenters. The van der Waals surface area contributed by atoms with E-state index in [0.717, 1.165) is 23.7 Å². The monoisotopic (exact) mass is 318 g/mol. The lowest BCUT2D eigenvalue weighted by Gasteiger charge is -2.30. The fourth-order valence-corrected chi connectivity index (χ4v) is 5.05. The largest absolute Gasteiger partial charge is 0.0883 e. The SMILES string of the molecule is CCC/C=C/C1CCCCC1CCCCC1CCC(CC)CC1. The van der Waals surface area contributed by atoms with Gasteiger partial charge >= 0.3 is 0 Å². The van der Waals surface area contributed by atoms with Crippen LogP contribution < -0.4 is 0 Å². The van der Waals surface area contributed by atoms with E-state index in [2.05, 4.69) is 26.0 Å². The maximum absolute atomic E-state index is 2.58. The Hall–Kier alpha value is -0.260. The van der Waals surface area contributed by atoms with Crippen LogP contribution in [0.3, 0.4) is 0 Å². The summed E-state index contributed by atoms with van der Waals surface area (Å²) in [6.07, 6.45) is 27.1. The summed E-state index contributed by atoms with van der Waals surface area (Å²) in [5.41, 5.74) is 0. The van der Waals surface area contributed by atoms with Gasteiger partial charge in [0.25, 0.3) is 0 Å². The van der Waals surface area contributed by atoms with E-state index >= 15 is 0 Å². The van der Waals surface area contributed by atoms with Gasteiger partial charge in [0, 0.05) is 0 Å². The molecule has 134 valence electrons. The van der Waals surface area contributed by atoms with Crippen LogP contribution in [0.4, 0.5) is 0 Å². The Morgan fingerprint density at radius 1 is 0.783 bits per heavy atom. The first-order valence-corrected chi connectivity index (χ1v) is 11.0. The number of hydrogen-bond donors (Lipinski definition) is 0. The van der Waals surface area contributed by atoms with Crippen molar-refractivity contribution in [2.24, 2.45) is 23.7 Å². The second-order valence-corrected chi connectivity index (χ2v) is 8.50. The van der Waals surface area contributed by atoms with Crippen LogP contribution in [0.25, 0.3) is 0 Å². The molecule has 0 heterocycles. The third kappa shape index (κ3) is 7.02. The molecule has 0 N–H and O–H groups in total. The van der Waals surface area contributed by atoms with Crippen molar-refractivity contribution in [3.05, 3.63) is 12.2 Å². The van der Waals surface area contributed by atoms with Gasteiger partial charge in [0.15, 0.2) is 0 Å². The third-order valence-electron chi connectivity index (χ3n) is 6.79. The maximum atomic E-state index is 2.58. The molecule has 0 nitrogen and oxygen atoms in total. The molecule has 0 aromatic heterocycles. The Bertz CT molecular complexity index is 308. The molecule has 0 amide bonds. The van der Waals surface area contributed by atoms with Gasteiger partial charge in [-0.05, 0) is 49.4 Å². The molecule has 0 aromatic carbocycles. The fraction of sp³-hybridized carbons (Fsp3) is 0.913. The topological polar surface area (TPSA) is 0 Å². The molecule has 2 rings (SSSR count). The van der Waals surface area contributed by atoms with Crippen molar-refractivity contribution in [3.63, 3.8) is 0 Å². The number of rotatable bonds is 9. The molecule has 2 aliphatic carbocycles. The van der Waals surface area contributed by atoms with Crippen LogP contribution in [0.2, 0.25) is 0 Å². The van der Waals surface area contributed by atoms with Gasteiger partial charge in [0.1, 0.15) is 0 Å². The maximum Gasteiger partial charge on any atom is -0.0205 e. The molecule has 0 bridgehead atoms. The summed E-state index contributed by atoms with van der Waals surface area (Å²) in [7, 11) is 0. The van der Waals surface area contributed by atoms with Gasteiger partial charge in [0.2, 0.25) is 0 Å². The highest BCUT2D eigenvalue weighted by molar-refractivity contribution is 4.93. The van der Waals surface area contributed by atoms with Crippen LogP contribution in [0, 0.1) is 23.7 Å². The van der Waals surface area contributed by atoms with Crippen molar-refractivity contribution in [1.29, 1.82) is 0 Å². The Morgan fingerprint density at radius 3 is 2.22 bits per heavy atom. The second kappa shape index (κ2) is 11.3. The summed E-state index contributed by atoms with van der Waals surface area (Å²) >= 11 is 0. The lowest BCUT2D eigenvalue weighted by molar-refractivity contribution is 0.239. The van der Waals surface area contributed by atoms with Gasteiger partial charge in [-0.1, -0.05) is 96.6 Å². The van der Waals surface area contributed by atoms with Gasteiger partial charge in [-0.3, -0.25) is 0 Å². The molecule has 2 aliphatic rings. The summed E-state index contributed by atoms with van der Waals surface area (Å²) < 4.78 is 0. The Balaban J connectivity index is 1.60. The molecule has 0 spiro atoms. The Morgan fingerprint density at radius 2 is 1.48 bits per heavy atom. The lowest BCUT2D eigenvalue weighted by atomic mass is 9.75. The molecule has 23 heavy (non-hydrogen) atoms. The lowest BCUT2D eigenvalue weighted by Crippen LogP contribution is -2.18. The second-order valence-electron chi connectivity index (χ2n) is 8.50. The predicted octanol–water partition coefficient (Wildman–Crippen LogP) is 7.93. The molecule has 0 aliphatic heterocycles. The highest BCUT2D eigenvalue weighted by Crippen LogP contribution is 2.36. The molecule has 2 unspecified atom stereocenters. The highest BCUT2D eigenvalue weighted by Gasteiger charge is 2.23. The standard InChI is InChI=1S/C23H42/c1-3-5-6-12-22-14-9-10-15-23(22)13-8-7-11-21-18-16-20(4-2)17-19-21/h6,12,20-23H,3-5,7-11,13-19H2,1-2H3/b12-6+. The molecular formula is C23H42. The average molecular weight is 319 g/mol. The zero-order valence-corrected chi connectivity index (χ0v) is 16.1. The summed E-state index contributed by atoms with van der Waals surface area (Å²) in [6, 6.07) is 0. The summed E-state index contributed by atoms with van der Waals surface area (Å²) in [5, 5.41) is 0. The smallest absolute Gasteiger partial charge is 0.0205 e. The van der Waals surface area contributed by atoms with Crippen LogP contribution in [0.1, 0.15) is 110 Å². The average Bonchev–Trinajstić information content (AvgIpc) is 2.60. The minimum atomic E-state index is 0.912. The first-order valence-electron chi connectivity index (χ1n) is 11.0. The molecule has 0 radical (unpaired) electrons. The third-order valence-corrected chi connectivity index (χ3v) is 6.79. The van der Waals surface area contributed by atoms with Crippen LogP contribution in [0.5, 0.6) is 0 Å². The van der Waals surface area contributed by atoms with E-state index in [1.54, 1.807) is 0 Å². The van der Waals surface area contributed by atoms with Crippen LogP contribution in [-0.2, 0) is 0 Å². The van der Waals surface area contributed by atoms with Crippen molar-refractivity contribution in [3.8, 4) is 0 Å². The molecule has 0 aromatic rings. The van der Waals surface area contributed by atoms with Gasteiger partial charge in [0.05, 0.1) is 0 Å². The van der Waals surface area contributed by atoms with E-state index in [-0.39, 0.29) is 0 Å². The van der Waals surface area contributed by atoms with Crippen molar-refractivity contribution < 1.29 is 0 Å². The van der Waals surface area contributed by atoms with Gasteiger partial charge in [-0.25, -0.2) is 0 Å². The fourth-order valence-electron chi connectivity index (χ4n) is 5.05. The van der Waals surface area contributed by atoms with Crippen molar-refractivity contribution >= 4 is 0 Å². The van der Waals surface area contributed by atoms with E-state index in [9.17, 15) is 0 Å². The quantitative estimate of drug-likeness (QED) is 0.299. The number of allylic oxidation sites excluding steroid dienone is 2. The number of unbranched alkanes of at least 4 members (excludes halogenated alkanes) is 2. The predicted molar refractivity (Wildman–Crippen MR) is 104 cm³/mol. The minimum Gasteiger partial charge on any atom is -0.0883 e. The van der Waals surface area contributed by atoms with E-state index < -0.39 is 0 Å². The normalized spacial score (nSPS) is 32.4. The zero-order valence-electron chi connectivity index (χ0n) is 16.1. The van der Waals surface area contributed by atoms with Gasteiger partial charge < -0.3 is 0 Å². The van der Waals surface area contributed by atoms with E-state index in [0.29, 0.717) is 0 Å². The summed E-state index contributed by atoms with van der Waals surface area (Å²) in [5.74, 6) is 4.05. The van der Waals surface area contributed by atoms with Crippen LogP contribution in [0.15, 0.2) is 12.2 Å². The van der Waals surface area contributed by atoms with E-state index in [1.165, 1.54) is 96.3 Å². The van der Waals surface area contributed by atoms with Crippen molar-refractivity contribution in [1.82, 2.24) is 0 Å². The molecule has 0 saturated heterocycles. The summed E-state index contributed by atoms with van der Waals surface area (Å²) in [6.45, 7) is 4.66.